The predicted molar refractivity (Wildman–Crippen MR) is 88.4 cm³/mol. The van der Waals surface area contributed by atoms with Crippen LogP contribution in [0.4, 0.5) is 0 Å². The van der Waals surface area contributed by atoms with Gasteiger partial charge in [-0.15, -0.1) is 0 Å². The van der Waals surface area contributed by atoms with Gasteiger partial charge in [-0.2, -0.15) is 0 Å². The average molecular weight is 302 g/mol. The van der Waals surface area contributed by atoms with E-state index < -0.39 is 11.6 Å². The third-order valence-corrected chi connectivity index (χ3v) is 5.61. The Balaban J connectivity index is 1.88. The van der Waals surface area contributed by atoms with Gasteiger partial charge in [0.15, 0.2) is 0 Å². The van der Waals surface area contributed by atoms with E-state index in [0.29, 0.717) is 12.8 Å². The van der Waals surface area contributed by atoms with Gasteiger partial charge in [0, 0.05) is 12.0 Å². The highest BCUT2D eigenvalue weighted by Crippen LogP contribution is 2.60. The minimum Gasteiger partial charge on any atom is -0.361 e. The largest absolute Gasteiger partial charge is 0.361 e. The molecule has 2 N–H and O–H groups in total. The Hall–Kier alpha value is -2.20. The SMILES string of the molecule is OC12CCc3cc4ccc5cccc6ccc(c3C1(O)O2)c4c56. The van der Waals surface area contributed by atoms with E-state index in [1.54, 1.807) is 0 Å². The maximum absolute atomic E-state index is 10.8. The summed E-state index contributed by atoms with van der Waals surface area (Å²) in [5.41, 5.74) is 1.82. The molecule has 1 aliphatic heterocycles. The molecule has 23 heavy (non-hydrogen) atoms. The second kappa shape index (κ2) is 3.49. The van der Waals surface area contributed by atoms with Crippen LogP contribution in [-0.2, 0) is 16.9 Å². The Labute approximate surface area is 132 Å². The van der Waals surface area contributed by atoms with Gasteiger partial charge in [0.25, 0.3) is 5.79 Å². The van der Waals surface area contributed by atoms with E-state index in [0.717, 1.165) is 21.9 Å². The fourth-order valence-corrected chi connectivity index (χ4v) is 4.46. The molecule has 6 rings (SSSR count). The van der Waals surface area contributed by atoms with Gasteiger partial charge in [-0.05, 0) is 44.3 Å². The summed E-state index contributed by atoms with van der Waals surface area (Å²) in [7, 11) is 0. The number of benzene rings is 4. The molecule has 1 aliphatic carbocycles. The molecular formula is C20H14O3. The van der Waals surface area contributed by atoms with Gasteiger partial charge in [-0.3, -0.25) is 0 Å². The van der Waals surface area contributed by atoms with Crippen molar-refractivity contribution >= 4 is 32.3 Å². The smallest absolute Gasteiger partial charge is 0.252 e. The lowest BCUT2D eigenvalue weighted by atomic mass is 9.81. The second-order valence-corrected chi connectivity index (χ2v) is 6.80. The topological polar surface area (TPSA) is 53.0 Å². The maximum Gasteiger partial charge on any atom is 0.252 e. The van der Waals surface area contributed by atoms with Crippen LogP contribution in [0.25, 0.3) is 32.3 Å². The van der Waals surface area contributed by atoms with Crippen molar-refractivity contribution in [3.63, 3.8) is 0 Å². The van der Waals surface area contributed by atoms with Crippen molar-refractivity contribution in [2.24, 2.45) is 0 Å². The van der Waals surface area contributed by atoms with Crippen molar-refractivity contribution in [3.8, 4) is 0 Å². The summed E-state index contributed by atoms with van der Waals surface area (Å²) >= 11 is 0. The molecule has 0 radical (unpaired) electrons. The van der Waals surface area contributed by atoms with Crippen molar-refractivity contribution in [1.29, 1.82) is 0 Å². The Morgan fingerprint density at radius 3 is 2.43 bits per heavy atom. The van der Waals surface area contributed by atoms with Crippen molar-refractivity contribution < 1.29 is 14.9 Å². The first kappa shape index (κ1) is 12.3. The molecule has 0 bridgehead atoms. The summed E-state index contributed by atoms with van der Waals surface area (Å²) in [6, 6.07) is 16.9. The first-order valence-electron chi connectivity index (χ1n) is 7.96. The van der Waals surface area contributed by atoms with Crippen LogP contribution in [-0.4, -0.2) is 16.0 Å². The third kappa shape index (κ3) is 1.25. The van der Waals surface area contributed by atoms with Gasteiger partial charge in [-0.25, -0.2) is 0 Å². The first-order chi connectivity index (χ1) is 11.1. The number of rotatable bonds is 0. The molecule has 4 aromatic carbocycles. The minimum atomic E-state index is -1.55. The summed E-state index contributed by atoms with van der Waals surface area (Å²) in [6.45, 7) is 0. The molecule has 1 saturated heterocycles. The molecule has 0 aromatic heterocycles. The van der Waals surface area contributed by atoms with Crippen LogP contribution >= 0.6 is 0 Å². The van der Waals surface area contributed by atoms with Crippen molar-refractivity contribution in [2.75, 3.05) is 0 Å². The van der Waals surface area contributed by atoms with E-state index in [1.165, 1.54) is 21.5 Å². The summed E-state index contributed by atoms with van der Waals surface area (Å²) in [5, 5.41) is 28.1. The van der Waals surface area contributed by atoms with Crippen LogP contribution in [0.1, 0.15) is 17.5 Å². The fraction of sp³-hybridized carbons (Fsp3) is 0.200. The number of fused-ring (bicyclic) bond motifs is 4. The molecule has 2 unspecified atom stereocenters. The minimum absolute atomic E-state index is 0.435. The molecule has 4 aromatic rings. The third-order valence-electron chi connectivity index (χ3n) is 5.61. The Kier molecular flexibility index (Phi) is 1.86. The second-order valence-electron chi connectivity index (χ2n) is 6.80. The van der Waals surface area contributed by atoms with E-state index in [-0.39, 0.29) is 0 Å². The Morgan fingerprint density at radius 1 is 0.870 bits per heavy atom. The molecule has 1 heterocycles. The zero-order chi connectivity index (χ0) is 15.4. The van der Waals surface area contributed by atoms with Crippen LogP contribution in [0.15, 0.2) is 48.5 Å². The molecule has 2 aliphatic rings. The number of ether oxygens (including phenoxy) is 1. The van der Waals surface area contributed by atoms with Crippen LogP contribution < -0.4 is 0 Å². The zero-order valence-electron chi connectivity index (χ0n) is 12.3. The van der Waals surface area contributed by atoms with E-state index in [9.17, 15) is 10.2 Å². The lowest BCUT2D eigenvalue weighted by Crippen LogP contribution is -2.30. The quantitative estimate of drug-likeness (QED) is 0.387. The van der Waals surface area contributed by atoms with Crippen molar-refractivity contribution in [2.45, 2.75) is 24.4 Å². The average Bonchev–Trinajstić information content (AvgIpc) is 3.15. The number of aliphatic hydroxyl groups is 2. The monoisotopic (exact) mass is 302 g/mol. The number of epoxide rings is 1. The van der Waals surface area contributed by atoms with E-state index >= 15 is 0 Å². The van der Waals surface area contributed by atoms with Crippen molar-refractivity contribution in [1.82, 2.24) is 0 Å². The van der Waals surface area contributed by atoms with Gasteiger partial charge >= 0.3 is 0 Å². The van der Waals surface area contributed by atoms with Gasteiger partial charge in [0.05, 0.1) is 0 Å². The predicted octanol–water partition coefficient (Wildman–Crippen LogP) is 3.39. The van der Waals surface area contributed by atoms with Crippen molar-refractivity contribution in [3.05, 3.63) is 59.7 Å². The van der Waals surface area contributed by atoms with Crippen LogP contribution in [0.3, 0.4) is 0 Å². The van der Waals surface area contributed by atoms with Crippen LogP contribution in [0, 0.1) is 0 Å². The van der Waals surface area contributed by atoms with Gasteiger partial charge in [-0.1, -0.05) is 48.5 Å². The van der Waals surface area contributed by atoms with Crippen LogP contribution in [0.2, 0.25) is 0 Å². The number of hydrogen-bond donors (Lipinski definition) is 2. The standard InChI is InChI=1S/C20H14O3/c21-19-9-8-14-10-13-5-4-11-2-1-3-12-6-7-15(17(13)16(11)12)18(14)20(19,22)23-19/h1-7,10,21-22H,8-9H2. The highest BCUT2D eigenvalue weighted by molar-refractivity contribution is 6.24. The molecule has 112 valence electrons. The number of aryl methyl sites for hydroxylation is 1. The summed E-state index contributed by atoms with van der Waals surface area (Å²) in [4.78, 5) is 0. The van der Waals surface area contributed by atoms with Crippen LogP contribution in [0.5, 0.6) is 0 Å². The summed E-state index contributed by atoms with van der Waals surface area (Å²) < 4.78 is 5.38. The summed E-state index contributed by atoms with van der Waals surface area (Å²) in [6.07, 6.45) is 1.15. The molecule has 1 fully saturated rings. The first-order valence-corrected chi connectivity index (χ1v) is 7.96. The van der Waals surface area contributed by atoms with E-state index in [2.05, 4.69) is 42.5 Å². The highest BCUT2D eigenvalue weighted by atomic mass is 16.8. The van der Waals surface area contributed by atoms with Gasteiger partial charge in [0.2, 0.25) is 5.79 Å². The Morgan fingerprint density at radius 2 is 1.61 bits per heavy atom. The molecule has 2 atom stereocenters. The van der Waals surface area contributed by atoms with E-state index in [1.807, 2.05) is 6.07 Å². The molecule has 3 nitrogen and oxygen atoms in total. The molecular weight excluding hydrogens is 288 g/mol. The van der Waals surface area contributed by atoms with Gasteiger partial charge < -0.3 is 14.9 Å². The summed E-state index contributed by atoms with van der Waals surface area (Å²) in [5.74, 6) is -2.97. The fourth-order valence-electron chi connectivity index (χ4n) is 4.46. The van der Waals surface area contributed by atoms with Gasteiger partial charge in [0.1, 0.15) is 0 Å². The molecule has 0 amide bonds. The maximum atomic E-state index is 10.8. The zero-order valence-corrected chi connectivity index (χ0v) is 12.3. The lowest BCUT2D eigenvalue weighted by molar-refractivity contribution is 0.00633. The molecule has 0 spiro atoms. The lowest BCUT2D eigenvalue weighted by Gasteiger charge is -2.24. The Bertz CT molecular complexity index is 1120. The highest BCUT2D eigenvalue weighted by Gasteiger charge is 2.73. The number of hydrogen-bond acceptors (Lipinski definition) is 3. The molecule has 3 heteroatoms. The normalized spacial score (nSPS) is 29.1. The van der Waals surface area contributed by atoms with E-state index in [4.69, 9.17) is 4.74 Å². The molecule has 0 saturated carbocycles.